The molecule has 0 bridgehead atoms. The van der Waals surface area contributed by atoms with Crippen molar-refractivity contribution in [3.05, 3.63) is 0 Å². The molecule has 0 heterocycles. The maximum absolute atomic E-state index is 11.1. The molecule has 0 aliphatic rings. The molecule has 0 aliphatic heterocycles. The van der Waals surface area contributed by atoms with E-state index in [0.717, 1.165) is 0 Å². The van der Waals surface area contributed by atoms with Gasteiger partial charge in [-0.3, -0.25) is 9.05 Å². The van der Waals surface area contributed by atoms with Gasteiger partial charge in [0.25, 0.3) is 0 Å². The van der Waals surface area contributed by atoms with E-state index in [1.807, 2.05) is 20.8 Å². The van der Waals surface area contributed by atoms with E-state index in [-0.39, 0.29) is 18.6 Å². The first-order chi connectivity index (χ1) is 5.77. The number of rotatable bonds is 5. The van der Waals surface area contributed by atoms with Crippen molar-refractivity contribution in [3.8, 4) is 0 Å². The molecule has 0 aliphatic carbocycles. The molecule has 0 aromatic carbocycles. The summed E-state index contributed by atoms with van der Waals surface area (Å²) in [6, 6.07) is 0. The molecule has 0 fully saturated rings. The van der Waals surface area contributed by atoms with Crippen LogP contribution in [0.15, 0.2) is 0 Å². The van der Waals surface area contributed by atoms with E-state index in [9.17, 15) is 4.57 Å². The highest BCUT2D eigenvalue weighted by molar-refractivity contribution is 9.09. The summed E-state index contributed by atoms with van der Waals surface area (Å²) >= 11 is 3.08. The van der Waals surface area contributed by atoms with Crippen LogP contribution in [0.25, 0.3) is 0 Å². The molecular formula is C7H16BrO4P. The van der Waals surface area contributed by atoms with E-state index in [4.69, 9.17) is 9.42 Å². The van der Waals surface area contributed by atoms with Crippen LogP contribution in [0.4, 0.5) is 0 Å². The summed E-state index contributed by atoms with van der Waals surface area (Å²) in [5.41, 5.74) is -0.143. The Morgan fingerprint density at radius 3 is 2.31 bits per heavy atom. The second-order valence-electron chi connectivity index (χ2n) is 3.82. The van der Waals surface area contributed by atoms with E-state index in [1.54, 1.807) is 0 Å². The molecule has 0 rings (SSSR count). The normalized spacial score (nSPS) is 17.0. The van der Waals surface area contributed by atoms with Gasteiger partial charge in [0.1, 0.15) is 0 Å². The number of hydrogen-bond acceptors (Lipinski definition) is 3. The van der Waals surface area contributed by atoms with Crippen molar-refractivity contribution in [1.82, 2.24) is 0 Å². The molecule has 0 saturated heterocycles. The Balaban J connectivity index is 3.83. The second-order valence-corrected chi connectivity index (χ2v) is 6.07. The molecule has 6 heteroatoms. The van der Waals surface area contributed by atoms with Crippen LogP contribution < -0.4 is 0 Å². The Morgan fingerprint density at radius 2 is 1.92 bits per heavy atom. The van der Waals surface area contributed by atoms with Gasteiger partial charge in [-0.1, -0.05) is 36.7 Å². The standard InChI is InChI=1S/C7H16BrO4P/c1-7(2,3)6-12-13(9,10)11-5-4-8/h4-6H2,1-3H3,(H,9,10). The minimum atomic E-state index is -3.84. The van der Waals surface area contributed by atoms with Crippen LogP contribution in [-0.2, 0) is 13.6 Å². The van der Waals surface area contributed by atoms with Gasteiger partial charge in [0.05, 0.1) is 13.2 Å². The van der Waals surface area contributed by atoms with Gasteiger partial charge in [0, 0.05) is 5.33 Å². The monoisotopic (exact) mass is 274 g/mol. The lowest BCUT2D eigenvalue weighted by atomic mass is 9.99. The SMILES string of the molecule is CC(C)(C)COP(=O)(O)OCCBr. The summed E-state index contributed by atoms with van der Waals surface area (Å²) in [6.07, 6.45) is 0. The van der Waals surface area contributed by atoms with Crippen LogP contribution in [0.5, 0.6) is 0 Å². The van der Waals surface area contributed by atoms with E-state index in [2.05, 4.69) is 20.5 Å². The summed E-state index contributed by atoms with van der Waals surface area (Å²) in [5, 5.41) is 0.510. The van der Waals surface area contributed by atoms with Crippen LogP contribution >= 0.6 is 23.8 Å². The number of hydrogen-bond donors (Lipinski definition) is 1. The third-order valence-electron chi connectivity index (χ3n) is 0.992. The van der Waals surface area contributed by atoms with Gasteiger partial charge in [-0.05, 0) is 5.41 Å². The minimum Gasteiger partial charge on any atom is -0.302 e. The first-order valence-electron chi connectivity index (χ1n) is 3.95. The molecule has 0 amide bonds. The van der Waals surface area contributed by atoms with Crippen molar-refractivity contribution in [2.75, 3.05) is 18.5 Å². The molecule has 80 valence electrons. The Labute approximate surface area is 87.4 Å². The lowest BCUT2D eigenvalue weighted by Crippen LogP contribution is -2.14. The third-order valence-corrected chi connectivity index (χ3v) is 2.28. The highest BCUT2D eigenvalue weighted by atomic mass is 79.9. The molecule has 0 aromatic rings. The molecule has 0 aromatic heterocycles. The molecule has 0 saturated carbocycles. The van der Waals surface area contributed by atoms with Gasteiger partial charge in [-0.25, -0.2) is 4.57 Å². The zero-order valence-corrected chi connectivity index (χ0v) is 10.6. The molecule has 13 heavy (non-hydrogen) atoms. The number of halogens is 1. The number of phosphoric ester groups is 1. The van der Waals surface area contributed by atoms with E-state index in [1.165, 1.54) is 0 Å². The molecule has 0 radical (unpaired) electrons. The highest BCUT2D eigenvalue weighted by Crippen LogP contribution is 2.44. The second kappa shape index (κ2) is 5.47. The Hall–Kier alpha value is 0.590. The van der Waals surface area contributed by atoms with Crippen LogP contribution in [0.1, 0.15) is 20.8 Å². The van der Waals surface area contributed by atoms with Crippen molar-refractivity contribution >= 4 is 23.8 Å². The highest BCUT2D eigenvalue weighted by Gasteiger charge is 2.23. The summed E-state index contributed by atoms with van der Waals surface area (Å²) in [6.45, 7) is 6.10. The molecule has 1 atom stereocenters. The molecule has 1 N–H and O–H groups in total. The van der Waals surface area contributed by atoms with Crippen molar-refractivity contribution in [1.29, 1.82) is 0 Å². The first-order valence-corrected chi connectivity index (χ1v) is 6.56. The van der Waals surface area contributed by atoms with Gasteiger partial charge >= 0.3 is 7.82 Å². The molecule has 0 spiro atoms. The topological polar surface area (TPSA) is 55.8 Å². The Morgan fingerprint density at radius 1 is 1.38 bits per heavy atom. The van der Waals surface area contributed by atoms with E-state index >= 15 is 0 Å². The van der Waals surface area contributed by atoms with Gasteiger partial charge in [-0.2, -0.15) is 0 Å². The predicted molar refractivity (Wildman–Crippen MR) is 55.0 cm³/mol. The zero-order valence-electron chi connectivity index (χ0n) is 8.12. The van der Waals surface area contributed by atoms with Crippen molar-refractivity contribution in [2.24, 2.45) is 5.41 Å². The fourth-order valence-corrected chi connectivity index (χ4v) is 1.82. The third kappa shape index (κ3) is 8.91. The molecular weight excluding hydrogens is 259 g/mol. The Bertz CT molecular complexity index is 189. The van der Waals surface area contributed by atoms with Crippen LogP contribution in [0.2, 0.25) is 0 Å². The Kier molecular flexibility index (Phi) is 5.71. The number of alkyl halides is 1. The molecule has 1 unspecified atom stereocenters. The zero-order chi connectivity index (χ0) is 10.5. The van der Waals surface area contributed by atoms with Crippen molar-refractivity contribution in [3.63, 3.8) is 0 Å². The summed E-state index contributed by atoms with van der Waals surface area (Å²) in [4.78, 5) is 9.10. The fourth-order valence-electron chi connectivity index (χ4n) is 0.462. The van der Waals surface area contributed by atoms with Crippen LogP contribution in [0.3, 0.4) is 0 Å². The van der Waals surface area contributed by atoms with Crippen LogP contribution in [-0.4, -0.2) is 23.4 Å². The lowest BCUT2D eigenvalue weighted by Gasteiger charge is -2.20. The van der Waals surface area contributed by atoms with Gasteiger partial charge in [0.15, 0.2) is 0 Å². The van der Waals surface area contributed by atoms with Crippen molar-refractivity contribution < 1.29 is 18.5 Å². The smallest absolute Gasteiger partial charge is 0.302 e. The first kappa shape index (κ1) is 13.6. The van der Waals surface area contributed by atoms with Crippen LogP contribution in [0, 0.1) is 5.41 Å². The predicted octanol–water partition coefficient (Wildman–Crippen LogP) is 2.56. The summed E-state index contributed by atoms with van der Waals surface area (Å²) in [7, 11) is -3.84. The van der Waals surface area contributed by atoms with E-state index < -0.39 is 7.82 Å². The summed E-state index contributed by atoms with van der Waals surface area (Å²) < 4.78 is 20.5. The van der Waals surface area contributed by atoms with Crippen molar-refractivity contribution in [2.45, 2.75) is 20.8 Å². The summed E-state index contributed by atoms with van der Waals surface area (Å²) in [5.74, 6) is 0. The molecule has 4 nitrogen and oxygen atoms in total. The quantitative estimate of drug-likeness (QED) is 0.618. The lowest BCUT2D eigenvalue weighted by molar-refractivity contribution is 0.115. The largest absolute Gasteiger partial charge is 0.472 e. The maximum atomic E-state index is 11.1. The van der Waals surface area contributed by atoms with Gasteiger partial charge in [-0.15, -0.1) is 0 Å². The minimum absolute atomic E-state index is 0.143. The maximum Gasteiger partial charge on any atom is 0.472 e. The fraction of sp³-hybridized carbons (Fsp3) is 1.00. The number of phosphoric acid groups is 1. The average molecular weight is 275 g/mol. The average Bonchev–Trinajstić information content (AvgIpc) is 1.97. The van der Waals surface area contributed by atoms with Gasteiger partial charge < -0.3 is 4.89 Å². The van der Waals surface area contributed by atoms with Gasteiger partial charge in [0.2, 0.25) is 0 Å². The van der Waals surface area contributed by atoms with E-state index in [0.29, 0.717) is 5.33 Å².